The number of carboxylic acids is 1. The van der Waals surface area contributed by atoms with E-state index in [4.69, 9.17) is 14.6 Å². The van der Waals surface area contributed by atoms with Crippen molar-refractivity contribution in [2.75, 3.05) is 13.2 Å². The highest BCUT2D eigenvalue weighted by molar-refractivity contribution is 7.14. The van der Waals surface area contributed by atoms with Crippen LogP contribution in [0.1, 0.15) is 15.2 Å². The van der Waals surface area contributed by atoms with Gasteiger partial charge in [0.2, 0.25) is 5.06 Å². The molecule has 0 saturated carbocycles. The van der Waals surface area contributed by atoms with E-state index in [1.165, 1.54) is 11.3 Å². The van der Waals surface area contributed by atoms with E-state index in [0.29, 0.717) is 24.0 Å². The molecule has 0 fully saturated rings. The molecule has 2 heterocycles. The zero-order valence-electron chi connectivity index (χ0n) is 6.99. The molecule has 1 aliphatic rings. The number of carboxylic acid groups (broad SMARTS) is 1. The molecular formula is C8H8O4S. The minimum absolute atomic E-state index is 0.236. The van der Waals surface area contributed by atoms with Gasteiger partial charge in [-0.3, -0.25) is 0 Å². The fourth-order valence-corrected chi connectivity index (χ4v) is 2.21. The van der Waals surface area contributed by atoms with E-state index in [2.05, 4.69) is 0 Å². The first kappa shape index (κ1) is 8.37. The second kappa shape index (κ2) is 2.92. The molecule has 0 bridgehead atoms. The predicted octanol–water partition coefficient (Wildman–Crippen LogP) is 1.53. The lowest BCUT2D eigenvalue weighted by atomic mass is 10.2. The lowest BCUT2D eigenvalue weighted by molar-refractivity contribution is 0.0687. The van der Waals surface area contributed by atoms with Crippen LogP contribution in [0, 0.1) is 6.92 Å². The quantitative estimate of drug-likeness (QED) is 0.746. The van der Waals surface area contributed by atoms with Gasteiger partial charge in [0.15, 0.2) is 5.75 Å². The van der Waals surface area contributed by atoms with Gasteiger partial charge in [-0.25, -0.2) is 4.79 Å². The lowest BCUT2D eigenvalue weighted by Gasteiger charge is -2.14. The van der Waals surface area contributed by atoms with Crippen LogP contribution < -0.4 is 9.47 Å². The van der Waals surface area contributed by atoms with Crippen molar-refractivity contribution in [3.05, 3.63) is 10.4 Å². The van der Waals surface area contributed by atoms with E-state index in [1.54, 1.807) is 6.92 Å². The van der Waals surface area contributed by atoms with Gasteiger partial charge in [-0.2, -0.15) is 0 Å². The normalized spacial score (nSPS) is 14.2. The zero-order valence-corrected chi connectivity index (χ0v) is 7.81. The summed E-state index contributed by atoms with van der Waals surface area (Å²) in [7, 11) is 0. The number of thiophene rings is 1. The van der Waals surface area contributed by atoms with Gasteiger partial charge in [0.1, 0.15) is 18.8 Å². The largest absolute Gasteiger partial charge is 0.484 e. The maximum absolute atomic E-state index is 10.8. The predicted molar refractivity (Wildman–Crippen MR) is 47.0 cm³/mol. The van der Waals surface area contributed by atoms with Crippen LogP contribution >= 0.6 is 11.3 Å². The molecule has 70 valence electrons. The summed E-state index contributed by atoms with van der Waals surface area (Å²) in [6.45, 7) is 2.66. The maximum Gasteiger partial charge on any atom is 0.340 e. The molecule has 1 aliphatic heterocycles. The molecule has 0 unspecified atom stereocenters. The van der Waals surface area contributed by atoms with E-state index in [9.17, 15) is 4.79 Å². The number of aryl methyl sites for hydroxylation is 1. The van der Waals surface area contributed by atoms with Gasteiger partial charge >= 0.3 is 5.97 Å². The van der Waals surface area contributed by atoms with E-state index < -0.39 is 5.97 Å². The number of aromatic carboxylic acids is 1. The van der Waals surface area contributed by atoms with Gasteiger partial charge in [-0.05, 0) is 6.92 Å². The van der Waals surface area contributed by atoms with Gasteiger partial charge in [-0.1, -0.05) is 11.3 Å². The van der Waals surface area contributed by atoms with Gasteiger partial charge < -0.3 is 14.6 Å². The third-order valence-corrected chi connectivity index (χ3v) is 2.79. The van der Waals surface area contributed by atoms with Crippen LogP contribution in [0.25, 0.3) is 0 Å². The third-order valence-electron chi connectivity index (χ3n) is 1.79. The number of fused-ring (bicyclic) bond motifs is 1. The Morgan fingerprint density at radius 3 is 2.85 bits per heavy atom. The Labute approximate surface area is 78.7 Å². The van der Waals surface area contributed by atoms with Crippen LogP contribution in [0.4, 0.5) is 0 Å². The highest BCUT2D eigenvalue weighted by atomic mass is 32.1. The maximum atomic E-state index is 10.8. The Balaban J connectivity index is 2.54. The molecule has 4 nitrogen and oxygen atoms in total. The smallest absolute Gasteiger partial charge is 0.340 e. The summed E-state index contributed by atoms with van der Waals surface area (Å²) in [5, 5.41) is 9.47. The highest BCUT2D eigenvalue weighted by Gasteiger charge is 2.25. The first-order valence-corrected chi connectivity index (χ1v) is 4.64. The SMILES string of the molecule is Cc1sc2c(c1C(=O)O)OCCO2. The summed E-state index contributed by atoms with van der Waals surface area (Å²) in [5.74, 6) is -0.568. The Morgan fingerprint density at radius 1 is 1.46 bits per heavy atom. The summed E-state index contributed by atoms with van der Waals surface area (Å²) in [4.78, 5) is 11.5. The molecule has 5 heteroatoms. The van der Waals surface area contributed by atoms with Crippen molar-refractivity contribution in [1.29, 1.82) is 0 Å². The Hall–Kier alpha value is -1.23. The minimum Gasteiger partial charge on any atom is -0.484 e. The summed E-state index contributed by atoms with van der Waals surface area (Å²) in [6.07, 6.45) is 0. The van der Waals surface area contributed by atoms with Gasteiger partial charge in [0.25, 0.3) is 0 Å². The van der Waals surface area contributed by atoms with Crippen molar-refractivity contribution in [3.63, 3.8) is 0 Å². The molecule has 0 aromatic carbocycles. The monoisotopic (exact) mass is 200 g/mol. The zero-order chi connectivity index (χ0) is 9.42. The molecule has 1 aromatic heterocycles. The molecule has 2 rings (SSSR count). The fourth-order valence-electron chi connectivity index (χ4n) is 1.25. The molecule has 13 heavy (non-hydrogen) atoms. The number of ether oxygens (including phenoxy) is 2. The summed E-state index contributed by atoms with van der Waals surface area (Å²) < 4.78 is 10.5. The van der Waals surface area contributed by atoms with Crippen molar-refractivity contribution in [1.82, 2.24) is 0 Å². The Kier molecular flexibility index (Phi) is 1.88. The number of hydrogen-bond acceptors (Lipinski definition) is 4. The first-order chi connectivity index (χ1) is 6.20. The molecule has 0 spiro atoms. The number of hydrogen-bond donors (Lipinski definition) is 1. The second-order valence-corrected chi connectivity index (χ2v) is 3.84. The van der Waals surface area contributed by atoms with Crippen LogP contribution in [0.5, 0.6) is 10.8 Å². The minimum atomic E-state index is -0.958. The molecular weight excluding hydrogens is 192 g/mol. The van der Waals surface area contributed by atoms with Crippen LogP contribution in [0.3, 0.4) is 0 Å². The molecule has 0 aliphatic carbocycles. The molecule has 0 amide bonds. The second-order valence-electron chi connectivity index (χ2n) is 2.65. The van der Waals surface area contributed by atoms with E-state index in [0.717, 1.165) is 4.88 Å². The van der Waals surface area contributed by atoms with Crippen LogP contribution in [0.15, 0.2) is 0 Å². The highest BCUT2D eigenvalue weighted by Crippen LogP contribution is 2.43. The first-order valence-electron chi connectivity index (χ1n) is 3.82. The average molecular weight is 200 g/mol. The van der Waals surface area contributed by atoms with Gasteiger partial charge in [-0.15, -0.1) is 0 Å². The van der Waals surface area contributed by atoms with Crippen molar-refractivity contribution in [2.24, 2.45) is 0 Å². The lowest BCUT2D eigenvalue weighted by Crippen LogP contribution is -2.15. The van der Waals surface area contributed by atoms with Gasteiger partial charge in [0.05, 0.1) is 0 Å². The Morgan fingerprint density at radius 2 is 2.15 bits per heavy atom. The standard InChI is InChI=1S/C8H8O4S/c1-4-5(7(9)10)6-8(13-4)12-3-2-11-6/h2-3H2,1H3,(H,9,10). The van der Waals surface area contributed by atoms with Crippen molar-refractivity contribution < 1.29 is 19.4 Å². The third kappa shape index (κ3) is 1.25. The number of carbonyl (C=O) groups is 1. The Bertz CT molecular complexity index is 355. The number of rotatable bonds is 1. The van der Waals surface area contributed by atoms with E-state index in [-0.39, 0.29) is 5.56 Å². The van der Waals surface area contributed by atoms with E-state index in [1.807, 2.05) is 0 Å². The summed E-state index contributed by atoms with van der Waals surface area (Å²) in [6, 6.07) is 0. The van der Waals surface area contributed by atoms with Crippen molar-refractivity contribution in [2.45, 2.75) is 6.92 Å². The van der Waals surface area contributed by atoms with Gasteiger partial charge in [0, 0.05) is 4.88 Å². The topological polar surface area (TPSA) is 55.8 Å². The van der Waals surface area contributed by atoms with Crippen LogP contribution in [0.2, 0.25) is 0 Å². The molecule has 1 N–H and O–H groups in total. The van der Waals surface area contributed by atoms with E-state index >= 15 is 0 Å². The molecule has 1 aromatic rings. The van der Waals surface area contributed by atoms with Crippen LogP contribution in [-0.2, 0) is 0 Å². The average Bonchev–Trinajstić information content (AvgIpc) is 2.39. The van der Waals surface area contributed by atoms with Crippen molar-refractivity contribution in [3.8, 4) is 10.8 Å². The summed E-state index contributed by atoms with van der Waals surface area (Å²) in [5.41, 5.74) is 0.236. The molecule has 0 radical (unpaired) electrons. The van der Waals surface area contributed by atoms with Crippen molar-refractivity contribution >= 4 is 17.3 Å². The summed E-state index contributed by atoms with van der Waals surface area (Å²) >= 11 is 1.32. The molecule has 0 atom stereocenters. The fraction of sp³-hybridized carbons (Fsp3) is 0.375. The van der Waals surface area contributed by atoms with Crippen LogP contribution in [-0.4, -0.2) is 24.3 Å². The molecule has 0 saturated heterocycles.